The summed E-state index contributed by atoms with van der Waals surface area (Å²) in [5, 5.41) is 5.15. The predicted molar refractivity (Wildman–Crippen MR) is 69.0 cm³/mol. The molecule has 2 amide bonds. The van der Waals surface area contributed by atoms with Crippen LogP contribution in [0.3, 0.4) is 0 Å². The Morgan fingerprint density at radius 2 is 2.11 bits per heavy atom. The minimum Gasteiger partial charge on any atom is -0.384 e. The Labute approximate surface area is 106 Å². The Bertz CT molecular complexity index is 446. The zero-order valence-electron chi connectivity index (χ0n) is 10.6. The average molecular weight is 250 g/mol. The lowest BCUT2D eigenvalue weighted by Gasteiger charge is -2.07. The third-order valence-corrected chi connectivity index (χ3v) is 2.44. The van der Waals surface area contributed by atoms with Crippen molar-refractivity contribution in [2.24, 2.45) is 0 Å². The summed E-state index contributed by atoms with van der Waals surface area (Å²) in [6.45, 7) is 2.23. The van der Waals surface area contributed by atoms with E-state index >= 15 is 0 Å². The van der Waals surface area contributed by atoms with Crippen LogP contribution >= 0.6 is 0 Å². The first-order valence-corrected chi connectivity index (χ1v) is 5.82. The number of anilines is 1. The number of nitrogens with two attached hydrogens (primary N) is 1. The molecule has 0 atom stereocenters. The van der Waals surface area contributed by atoms with Gasteiger partial charge in [-0.2, -0.15) is 0 Å². The van der Waals surface area contributed by atoms with Crippen molar-refractivity contribution in [3.05, 3.63) is 23.4 Å². The van der Waals surface area contributed by atoms with Crippen molar-refractivity contribution >= 4 is 17.6 Å². The number of carbonyl (C=O) groups is 2. The number of nitrogen functional groups attached to an aromatic ring is 1. The summed E-state index contributed by atoms with van der Waals surface area (Å²) in [6.07, 6.45) is 0.965. The molecule has 0 unspecified atom stereocenters. The molecule has 0 aliphatic heterocycles. The summed E-state index contributed by atoms with van der Waals surface area (Å²) in [5.41, 5.74) is 6.85. The van der Waals surface area contributed by atoms with E-state index in [0.29, 0.717) is 24.3 Å². The molecule has 1 aromatic rings. The van der Waals surface area contributed by atoms with Gasteiger partial charge < -0.3 is 16.4 Å². The number of hydrogen-bond acceptors (Lipinski definition) is 4. The lowest BCUT2D eigenvalue weighted by atomic mass is 10.2. The molecule has 6 nitrogen and oxygen atoms in total. The molecular formula is C12H18N4O2. The Balaban J connectivity index is 2.61. The van der Waals surface area contributed by atoms with E-state index in [-0.39, 0.29) is 18.2 Å². The predicted octanol–water partition coefficient (Wildman–Crippen LogP) is 0.0921. The maximum atomic E-state index is 11.8. The molecule has 0 saturated heterocycles. The fraction of sp³-hybridized carbons (Fsp3) is 0.417. The van der Waals surface area contributed by atoms with Crippen molar-refractivity contribution in [2.45, 2.75) is 19.8 Å². The highest BCUT2D eigenvalue weighted by Gasteiger charge is 2.08. The zero-order valence-corrected chi connectivity index (χ0v) is 10.6. The van der Waals surface area contributed by atoms with Gasteiger partial charge in [-0.1, -0.05) is 6.92 Å². The standard InChI is InChI=1S/C12H18N4O2/c1-3-9-6-8(7-10(13)16-9)12(18)15-5-4-11(17)14-2/h6-7H,3-5H2,1-2H3,(H2,13,16)(H,14,17)(H,15,18). The van der Waals surface area contributed by atoms with Crippen LogP contribution in [0.4, 0.5) is 5.82 Å². The van der Waals surface area contributed by atoms with E-state index in [1.165, 1.54) is 6.07 Å². The maximum Gasteiger partial charge on any atom is 0.251 e. The van der Waals surface area contributed by atoms with Gasteiger partial charge in [-0.3, -0.25) is 9.59 Å². The van der Waals surface area contributed by atoms with Crippen molar-refractivity contribution in [1.82, 2.24) is 15.6 Å². The van der Waals surface area contributed by atoms with Crippen molar-refractivity contribution in [2.75, 3.05) is 19.3 Å². The first kappa shape index (κ1) is 14.0. The molecule has 4 N–H and O–H groups in total. The molecule has 0 aliphatic rings. The normalized spacial score (nSPS) is 9.89. The Hall–Kier alpha value is -2.11. The molecule has 1 heterocycles. The second kappa shape index (κ2) is 6.58. The topological polar surface area (TPSA) is 97.1 Å². The van der Waals surface area contributed by atoms with Gasteiger partial charge in [-0.15, -0.1) is 0 Å². The molecule has 0 saturated carbocycles. The number of aryl methyl sites for hydroxylation is 1. The Morgan fingerprint density at radius 3 is 2.72 bits per heavy atom. The second-order valence-corrected chi connectivity index (χ2v) is 3.80. The van der Waals surface area contributed by atoms with Gasteiger partial charge in [0.15, 0.2) is 0 Å². The third-order valence-electron chi connectivity index (χ3n) is 2.44. The Morgan fingerprint density at radius 1 is 1.39 bits per heavy atom. The second-order valence-electron chi connectivity index (χ2n) is 3.80. The molecule has 6 heteroatoms. The van der Waals surface area contributed by atoms with Crippen LogP contribution in [0.2, 0.25) is 0 Å². The molecule has 18 heavy (non-hydrogen) atoms. The molecule has 0 aromatic carbocycles. The number of nitrogens with one attached hydrogen (secondary N) is 2. The highest BCUT2D eigenvalue weighted by atomic mass is 16.2. The molecule has 0 fully saturated rings. The van der Waals surface area contributed by atoms with Crippen molar-refractivity contribution in [3.63, 3.8) is 0 Å². The van der Waals surface area contributed by atoms with Gasteiger partial charge in [0.05, 0.1) is 0 Å². The van der Waals surface area contributed by atoms with Crippen LogP contribution in [0.5, 0.6) is 0 Å². The lowest BCUT2D eigenvalue weighted by Crippen LogP contribution is -2.29. The highest BCUT2D eigenvalue weighted by Crippen LogP contribution is 2.08. The van der Waals surface area contributed by atoms with E-state index < -0.39 is 0 Å². The van der Waals surface area contributed by atoms with E-state index in [9.17, 15) is 9.59 Å². The van der Waals surface area contributed by atoms with E-state index in [1.807, 2.05) is 6.92 Å². The minimum absolute atomic E-state index is 0.112. The first-order chi connectivity index (χ1) is 8.56. The molecule has 98 valence electrons. The number of rotatable bonds is 5. The molecule has 1 rings (SSSR count). The minimum atomic E-state index is -0.247. The van der Waals surface area contributed by atoms with Crippen LogP contribution in [0, 0.1) is 0 Å². The molecular weight excluding hydrogens is 232 g/mol. The largest absolute Gasteiger partial charge is 0.384 e. The van der Waals surface area contributed by atoms with Crippen LogP contribution in [0.25, 0.3) is 0 Å². The van der Waals surface area contributed by atoms with Gasteiger partial charge in [-0.25, -0.2) is 4.98 Å². The summed E-state index contributed by atoms with van der Waals surface area (Å²) in [4.78, 5) is 26.9. The molecule has 0 bridgehead atoms. The van der Waals surface area contributed by atoms with E-state index in [2.05, 4.69) is 15.6 Å². The fourth-order valence-electron chi connectivity index (χ4n) is 1.44. The van der Waals surface area contributed by atoms with Crippen LogP contribution in [0.15, 0.2) is 12.1 Å². The van der Waals surface area contributed by atoms with Gasteiger partial charge in [0.2, 0.25) is 5.91 Å². The number of pyridine rings is 1. The van der Waals surface area contributed by atoms with Crippen LogP contribution in [-0.2, 0) is 11.2 Å². The van der Waals surface area contributed by atoms with Crippen LogP contribution < -0.4 is 16.4 Å². The summed E-state index contributed by atoms with van der Waals surface area (Å²) in [6, 6.07) is 3.22. The van der Waals surface area contributed by atoms with Crippen molar-refractivity contribution in [1.29, 1.82) is 0 Å². The van der Waals surface area contributed by atoms with Gasteiger partial charge >= 0.3 is 0 Å². The summed E-state index contributed by atoms with van der Waals surface area (Å²) in [7, 11) is 1.56. The van der Waals surface area contributed by atoms with E-state index in [4.69, 9.17) is 5.73 Å². The maximum absolute atomic E-state index is 11.8. The van der Waals surface area contributed by atoms with Crippen molar-refractivity contribution in [3.8, 4) is 0 Å². The highest BCUT2D eigenvalue weighted by molar-refractivity contribution is 5.95. The smallest absolute Gasteiger partial charge is 0.251 e. The van der Waals surface area contributed by atoms with Crippen LogP contribution in [0.1, 0.15) is 29.4 Å². The van der Waals surface area contributed by atoms with Gasteiger partial charge in [0, 0.05) is 31.3 Å². The van der Waals surface area contributed by atoms with E-state index in [0.717, 1.165) is 5.69 Å². The number of nitrogens with zero attached hydrogens (tertiary/aromatic N) is 1. The van der Waals surface area contributed by atoms with Crippen LogP contribution in [-0.4, -0.2) is 30.4 Å². The summed E-state index contributed by atoms with van der Waals surface area (Å²) >= 11 is 0. The molecule has 0 aliphatic carbocycles. The number of hydrogen-bond donors (Lipinski definition) is 3. The number of aromatic nitrogens is 1. The molecule has 0 radical (unpaired) electrons. The van der Waals surface area contributed by atoms with Gasteiger partial charge in [-0.05, 0) is 18.6 Å². The fourth-order valence-corrected chi connectivity index (χ4v) is 1.44. The zero-order chi connectivity index (χ0) is 13.5. The van der Waals surface area contributed by atoms with Crippen molar-refractivity contribution < 1.29 is 9.59 Å². The van der Waals surface area contributed by atoms with Gasteiger partial charge in [0.1, 0.15) is 5.82 Å². The van der Waals surface area contributed by atoms with Gasteiger partial charge in [0.25, 0.3) is 5.91 Å². The third kappa shape index (κ3) is 4.04. The monoisotopic (exact) mass is 250 g/mol. The number of amides is 2. The molecule has 1 aromatic heterocycles. The number of carbonyl (C=O) groups excluding carboxylic acids is 2. The lowest BCUT2D eigenvalue weighted by molar-refractivity contribution is -0.120. The summed E-state index contributed by atoms with van der Waals surface area (Å²) in [5.74, 6) is -0.0349. The SMILES string of the molecule is CCc1cc(C(=O)NCCC(=O)NC)cc(N)n1. The Kier molecular flexibility index (Phi) is 5.10. The summed E-state index contributed by atoms with van der Waals surface area (Å²) < 4.78 is 0. The quantitative estimate of drug-likeness (QED) is 0.690. The molecule has 0 spiro atoms. The average Bonchev–Trinajstić information content (AvgIpc) is 2.37. The van der Waals surface area contributed by atoms with E-state index in [1.54, 1.807) is 13.1 Å². The first-order valence-electron chi connectivity index (χ1n) is 5.82.